The molecule has 0 unspecified atom stereocenters. The molecule has 1 aromatic heterocycles. The van der Waals surface area contributed by atoms with Crippen LogP contribution in [0.2, 0.25) is 0 Å². The Labute approximate surface area is 116 Å². The Kier molecular flexibility index (Phi) is 3.48. The van der Waals surface area contributed by atoms with E-state index in [4.69, 9.17) is 10.2 Å². The minimum Gasteiger partial charge on any atom is -0.459 e. The number of rotatable bonds is 2. The quantitative estimate of drug-likeness (QED) is 0.854. The number of nitrogens with two attached hydrogens (primary N) is 1. The van der Waals surface area contributed by atoms with Crippen molar-refractivity contribution in [3.8, 4) is 0 Å². The van der Waals surface area contributed by atoms with Crippen LogP contribution in [0.25, 0.3) is 11.0 Å². The number of fused-ring (bicyclic) bond motifs is 1. The fraction of sp³-hybridized carbons (Fsp3) is 0.529. The molecule has 2 rings (SSSR count). The first-order valence-corrected chi connectivity index (χ1v) is 7.02. The van der Waals surface area contributed by atoms with Gasteiger partial charge in [-0.05, 0) is 35.4 Å². The molecule has 0 saturated heterocycles. The zero-order chi connectivity index (χ0) is 14.4. The van der Waals surface area contributed by atoms with Gasteiger partial charge in [-0.1, -0.05) is 40.7 Å². The van der Waals surface area contributed by atoms with E-state index in [1.165, 1.54) is 22.1 Å². The minimum atomic E-state index is 0.146. The third kappa shape index (κ3) is 2.42. The van der Waals surface area contributed by atoms with E-state index in [0.717, 1.165) is 11.3 Å². The van der Waals surface area contributed by atoms with Gasteiger partial charge >= 0.3 is 0 Å². The van der Waals surface area contributed by atoms with Gasteiger partial charge in [0.05, 0.1) is 6.54 Å². The van der Waals surface area contributed by atoms with Crippen molar-refractivity contribution in [2.45, 2.75) is 59.4 Å². The van der Waals surface area contributed by atoms with E-state index in [2.05, 4.69) is 53.7 Å². The molecule has 2 N–H and O–H groups in total. The summed E-state index contributed by atoms with van der Waals surface area (Å²) >= 11 is 0. The van der Waals surface area contributed by atoms with Crippen LogP contribution in [0.15, 0.2) is 16.5 Å². The second-order valence-electron chi connectivity index (χ2n) is 6.72. The lowest BCUT2D eigenvalue weighted by molar-refractivity contribution is 0.539. The number of hydrogen-bond acceptors (Lipinski definition) is 2. The molecule has 0 aliphatic rings. The molecule has 1 aromatic carbocycles. The molecule has 19 heavy (non-hydrogen) atoms. The van der Waals surface area contributed by atoms with Crippen LogP contribution in [0.1, 0.15) is 63.0 Å². The van der Waals surface area contributed by atoms with Gasteiger partial charge in [-0.25, -0.2) is 0 Å². The van der Waals surface area contributed by atoms with Gasteiger partial charge in [-0.15, -0.1) is 0 Å². The predicted octanol–water partition coefficient (Wildman–Crippen LogP) is 4.62. The van der Waals surface area contributed by atoms with Gasteiger partial charge in [0.2, 0.25) is 0 Å². The maximum atomic E-state index is 5.98. The van der Waals surface area contributed by atoms with E-state index in [1.54, 1.807) is 0 Å². The molecular formula is C17H25NO. The van der Waals surface area contributed by atoms with E-state index in [-0.39, 0.29) is 5.41 Å². The number of furan rings is 1. The average Bonchev–Trinajstić information content (AvgIpc) is 2.66. The van der Waals surface area contributed by atoms with E-state index in [1.807, 2.05) is 0 Å². The zero-order valence-electron chi connectivity index (χ0n) is 12.9. The molecule has 1 heterocycles. The smallest absolute Gasteiger partial charge is 0.137 e. The first-order valence-electron chi connectivity index (χ1n) is 7.02. The van der Waals surface area contributed by atoms with Crippen LogP contribution >= 0.6 is 0 Å². The Morgan fingerprint density at radius 1 is 1.21 bits per heavy atom. The average molecular weight is 259 g/mol. The van der Waals surface area contributed by atoms with Crippen molar-refractivity contribution in [2.75, 3.05) is 0 Å². The normalized spacial score (nSPS) is 12.6. The Hall–Kier alpha value is -1.28. The molecule has 2 aromatic rings. The molecule has 0 saturated carbocycles. The summed E-state index contributed by atoms with van der Waals surface area (Å²) in [5.41, 5.74) is 10.8. The third-order valence-electron chi connectivity index (χ3n) is 3.72. The highest BCUT2D eigenvalue weighted by molar-refractivity contribution is 5.86. The number of aryl methyl sites for hydroxylation is 1. The van der Waals surface area contributed by atoms with Gasteiger partial charge in [0.25, 0.3) is 0 Å². The van der Waals surface area contributed by atoms with Gasteiger partial charge in [-0.3, -0.25) is 0 Å². The van der Waals surface area contributed by atoms with Crippen LogP contribution in [-0.4, -0.2) is 0 Å². The summed E-state index contributed by atoms with van der Waals surface area (Å²) in [4.78, 5) is 0. The second kappa shape index (κ2) is 4.68. The monoisotopic (exact) mass is 259 g/mol. The largest absolute Gasteiger partial charge is 0.459 e. The maximum absolute atomic E-state index is 5.98. The summed E-state index contributed by atoms with van der Waals surface area (Å²) in [6.07, 6.45) is 0. The highest BCUT2D eigenvalue weighted by atomic mass is 16.3. The van der Waals surface area contributed by atoms with Crippen LogP contribution < -0.4 is 5.73 Å². The van der Waals surface area contributed by atoms with Crippen LogP contribution in [0.4, 0.5) is 0 Å². The lowest BCUT2D eigenvalue weighted by atomic mass is 9.84. The summed E-state index contributed by atoms with van der Waals surface area (Å²) in [5.74, 6) is 1.36. The molecule has 0 spiro atoms. The Morgan fingerprint density at radius 2 is 1.84 bits per heavy atom. The summed E-state index contributed by atoms with van der Waals surface area (Å²) in [5, 5.41) is 1.24. The van der Waals surface area contributed by atoms with E-state index >= 15 is 0 Å². The van der Waals surface area contributed by atoms with Crippen molar-refractivity contribution in [3.63, 3.8) is 0 Å². The van der Waals surface area contributed by atoms with E-state index < -0.39 is 0 Å². The molecule has 0 amide bonds. The van der Waals surface area contributed by atoms with Crippen molar-refractivity contribution < 1.29 is 4.42 Å². The minimum absolute atomic E-state index is 0.146. The van der Waals surface area contributed by atoms with Crippen molar-refractivity contribution in [2.24, 2.45) is 5.73 Å². The SMILES string of the molecule is Cc1cc(C(C)(C)C)cc2c(C(C)C)c(CN)oc12. The van der Waals surface area contributed by atoms with Crippen LogP contribution in [0.5, 0.6) is 0 Å². The van der Waals surface area contributed by atoms with Crippen LogP contribution in [0, 0.1) is 6.92 Å². The molecule has 0 aliphatic carbocycles. The summed E-state index contributed by atoms with van der Waals surface area (Å²) in [6, 6.07) is 4.51. The second-order valence-corrected chi connectivity index (χ2v) is 6.72. The topological polar surface area (TPSA) is 39.2 Å². The summed E-state index contributed by atoms with van der Waals surface area (Å²) in [7, 11) is 0. The fourth-order valence-corrected chi connectivity index (χ4v) is 2.66. The molecule has 0 atom stereocenters. The molecule has 2 heteroatoms. The first kappa shape index (κ1) is 14.1. The molecule has 0 fully saturated rings. The lowest BCUT2D eigenvalue weighted by Crippen LogP contribution is -2.11. The van der Waals surface area contributed by atoms with Crippen molar-refractivity contribution in [1.82, 2.24) is 0 Å². The molecule has 0 aliphatic heterocycles. The van der Waals surface area contributed by atoms with E-state index in [9.17, 15) is 0 Å². The Balaban J connectivity index is 2.81. The third-order valence-corrected chi connectivity index (χ3v) is 3.72. The maximum Gasteiger partial charge on any atom is 0.137 e. The molecule has 0 bridgehead atoms. The van der Waals surface area contributed by atoms with Crippen molar-refractivity contribution in [3.05, 3.63) is 34.6 Å². The Morgan fingerprint density at radius 3 is 2.32 bits per heavy atom. The summed E-state index contributed by atoms with van der Waals surface area (Å²) in [6.45, 7) is 13.7. The standard InChI is InChI=1S/C17H25NO/c1-10(2)15-13-8-12(17(4,5)6)7-11(3)16(13)19-14(15)9-18/h7-8,10H,9,18H2,1-6H3. The number of benzene rings is 1. The van der Waals surface area contributed by atoms with Gasteiger partial charge in [0.1, 0.15) is 11.3 Å². The van der Waals surface area contributed by atoms with Crippen LogP contribution in [-0.2, 0) is 12.0 Å². The zero-order valence-corrected chi connectivity index (χ0v) is 12.9. The highest BCUT2D eigenvalue weighted by Crippen LogP contribution is 2.36. The van der Waals surface area contributed by atoms with Crippen molar-refractivity contribution in [1.29, 1.82) is 0 Å². The van der Waals surface area contributed by atoms with Crippen LogP contribution in [0.3, 0.4) is 0 Å². The fourth-order valence-electron chi connectivity index (χ4n) is 2.66. The van der Waals surface area contributed by atoms with Gasteiger partial charge in [-0.2, -0.15) is 0 Å². The molecule has 2 nitrogen and oxygen atoms in total. The van der Waals surface area contributed by atoms with Gasteiger partial charge < -0.3 is 10.2 Å². The molecule has 104 valence electrons. The number of hydrogen-bond donors (Lipinski definition) is 1. The Bertz CT molecular complexity index is 600. The molecular weight excluding hydrogens is 234 g/mol. The summed E-state index contributed by atoms with van der Waals surface area (Å²) < 4.78 is 5.98. The lowest BCUT2D eigenvalue weighted by Gasteiger charge is -2.20. The first-order chi connectivity index (χ1) is 8.75. The van der Waals surface area contributed by atoms with Gasteiger partial charge in [0, 0.05) is 10.9 Å². The molecule has 0 radical (unpaired) electrons. The van der Waals surface area contributed by atoms with Gasteiger partial charge in [0.15, 0.2) is 0 Å². The van der Waals surface area contributed by atoms with E-state index in [0.29, 0.717) is 12.5 Å². The predicted molar refractivity (Wildman–Crippen MR) is 81.6 cm³/mol. The highest BCUT2D eigenvalue weighted by Gasteiger charge is 2.21. The van der Waals surface area contributed by atoms with Crippen molar-refractivity contribution >= 4 is 11.0 Å².